The lowest BCUT2D eigenvalue weighted by atomic mass is 10.2. The van der Waals surface area contributed by atoms with Gasteiger partial charge in [0, 0.05) is 0 Å². The lowest BCUT2D eigenvalue weighted by molar-refractivity contribution is 0.286. The monoisotopic (exact) mass is 413 g/mol. The van der Waals surface area contributed by atoms with Crippen LogP contribution >= 0.6 is 11.6 Å². The van der Waals surface area contributed by atoms with Crippen LogP contribution in [0.4, 0.5) is 10.1 Å². The third-order valence-electron chi connectivity index (χ3n) is 4.99. The zero-order valence-electron chi connectivity index (χ0n) is 16.4. The number of anilines is 1. The van der Waals surface area contributed by atoms with E-state index in [1.165, 1.54) is 10.4 Å². The fourth-order valence-corrected chi connectivity index (χ4v) is 8.49. The summed E-state index contributed by atoms with van der Waals surface area (Å²) in [6.45, 7) is 6.94. The minimum Gasteiger partial charge on any atom is -0.403 e. The predicted molar refractivity (Wildman–Crippen MR) is 118 cm³/mol. The zero-order chi connectivity index (χ0) is 20.4. The van der Waals surface area contributed by atoms with Gasteiger partial charge in [-0.3, -0.25) is 0 Å². The average Bonchev–Trinajstić information content (AvgIpc) is 2.67. The van der Waals surface area contributed by atoms with Crippen molar-refractivity contribution in [1.29, 1.82) is 0 Å². The highest BCUT2D eigenvalue weighted by atomic mass is 35.5. The highest BCUT2D eigenvalue weighted by Crippen LogP contribution is 2.37. The molecule has 0 amide bonds. The number of benzene rings is 3. The summed E-state index contributed by atoms with van der Waals surface area (Å²) in [4.78, 5) is 0. The van der Waals surface area contributed by atoms with Crippen LogP contribution in [-0.2, 0) is 11.0 Å². The second-order valence-electron chi connectivity index (χ2n) is 7.93. The molecule has 146 valence electrons. The fourth-order valence-electron chi connectivity index (χ4n) is 3.71. The minimum atomic E-state index is -2.66. The van der Waals surface area contributed by atoms with Gasteiger partial charge in [0.2, 0.25) is 0 Å². The molecule has 0 unspecified atom stereocenters. The van der Waals surface area contributed by atoms with Gasteiger partial charge in [-0.05, 0) is 33.1 Å². The third kappa shape index (κ3) is 3.86. The first kappa shape index (κ1) is 20.6. The van der Waals surface area contributed by atoms with E-state index in [4.69, 9.17) is 21.8 Å². The Hall–Kier alpha value is -2.14. The van der Waals surface area contributed by atoms with Gasteiger partial charge in [0.15, 0.2) is 5.82 Å². The third-order valence-corrected chi connectivity index (χ3v) is 10.2. The quantitative estimate of drug-likeness (QED) is 0.464. The van der Waals surface area contributed by atoms with Crippen molar-refractivity contribution in [3.05, 3.63) is 89.2 Å². The van der Waals surface area contributed by atoms with Crippen molar-refractivity contribution >= 4 is 36.0 Å². The van der Waals surface area contributed by atoms with E-state index in [2.05, 4.69) is 45.0 Å². The molecular weight excluding hydrogens is 389 g/mol. The Labute approximate surface area is 172 Å². The number of nitrogens with two attached hydrogens (primary N) is 1. The molecule has 0 saturated heterocycles. The van der Waals surface area contributed by atoms with Crippen LogP contribution in [0.5, 0.6) is 0 Å². The summed E-state index contributed by atoms with van der Waals surface area (Å²) in [5, 5.41) is 2.26. The number of nitrogen functional groups attached to an aromatic ring is 1. The summed E-state index contributed by atoms with van der Waals surface area (Å²) < 4.78 is 20.6. The molecule has 2 nitrogen and oxygen atoms in total. The molecule has 28 heavy (non-hydrogen) atoms. The van der Waals surface area contributed by atoms with Crippen molar-refractivity contribution in [1.82, 2.24) is 0 Å². The van der Waals surface area contributed by atoms with E-state index < -0.39 is 14.1 Å². The Bertz CT molecular complexity index is 879. The maximum absolute atomic E-state index is 13.8. The molecule has 0 aliphatic carbocycles. The van der Waals surface area contributed by atoms with Gasteiger partial charge in [0.1, 0.15) is 0 Å². The average molecular weight is 414 g/mol. The molecule has 0 aromatic heterocycles. The molecule has 0 spiro atoms. The van der Waals surface area contributed by atoms with E-state index in [9.17, 15) is 4.39 Å². The Morgan fingerprint density at radius 3 is 1.86 bits per heavy atom. The second kappa shape index (κ2) is 8.07. The summed E-state index contributed by atoms with van der Waals surface area (Å²) in [7, 11) is -2.66. The summed E-state index contributed by atoms with van der Waals surface area (Å²) in [5.74, 6) is -0.587. The highest BCUT2D eigenvalue weighted by molar-refractivity contribution is 6.99. The van der Waals surface area contributed by atoms with Crippen molar-refractivity contribution < 1.29 is 8.82 Å². The second-order valence-corrected chi connectivity index (χ2v) is 12.6. The lowest BCUT2D eigenvalue weighted by Crippen LogP contribution is -2.66. The smallest absolute Gasteiger partial charge is 0.261 e. The number of hydrogen-bond donors (Lipinski definition) is 1. The number of rotatable bonds is 5. The standard InChI is InChI=1S/C23H25ClFNOSi/c1-23(2,3)28(18-10-6-4-7-11-18,19-12-8-5-9-13-19)27-16-17-14-20(24)22(25)21(26)15-17/h4-15H,16,26H2,1-3H3. The number of hydrogen-bond acceptors (Lipinski definition) is 2. The number of halogens is 2. The van der Waals surface area contributed by atoms with Crippen molar-refractivity contribution in [3.8, 4) is 0 Å². The molecule has 0 aliphatic rings. The molecule has 0 saturated carbocycles. The maximum Gasteiger partial charge on any atom is 0.261 e. The van der Waals surface area contributed by atoms with Crippen LogP contribution in [0.3, 0.4) is 0 Å². The molecule has 2 N–H and O–H groups in total. The molecule has 0 radical (unpaired) electrons. The van der Waals surface area contributed by atoms with E-state index in [0.29, 0.717) is 6.61 Å². The van der Waals surface area contributed by atoms with Gasteiger partial charge in [0.25, 0.3) is 8.32 Å². The van der Waals surface area contributed by atoms with Crippen LogP contribution in [0.25, 0.3) is 0 Å². The predicted octanol–water partition coefficient (Wildman–Crippen LogP) is 5.14. The van der Waals surface area contributed by atoms with Gasteiger partial charge in [-0.15, -0.1) is 0 Å². The van der Waals surface area contributed by atoms with Crippen molar-refractivity contribution in [3.63, 3.8) is 0 Å². The molecule has 3 aromatic rings. The Morgan fingerprint density at radius 2 is 1.43 bits per heavy atom. The first-order valence-corrected chi connectivity index (χ1v) is 11.5. The lowest BCUT2D eigenvalue weighted by Gasteiger charge is -2.43. The van der Waals surface area contributed by atoms with Crippen LogP contribution in [0, 0.1) is 5.82 Å². The SMILES string of the molecule is CC(C)(C)[Si](OCc1cc(N)c(F)c(Cl)c1)(c1ccccc1)c1ccccc1. The molecule has 3 aromatic carbocycles. The molecule has 5 heteroatoms. The largest absolute Gasteiger partial charge is 0.403 e. The van der Waals surface area contributed by atoms with Crippen LogP contribution in [0.15, 0.2) is 72.8 Å². The van der Waals surface area contributed by atoms with E-state index in [-0.39, 0.29) is 15.7 Å². The molecule has 3 rings (SSSR count). The first-order valence-electron chi connectivity index (χ1n) is 9.24. The molecule has 0 atom stereocenters. The normalized spacial score (nSPS) is 12.2. The first-order chi connectivity index (χ1) is 13.3. The van der Waals surface area contributed by atoms with Gasteiger partial charge < -0.3 is 10.2 Å². The molecular formula is C23H25ClFNOSi. The van der Waals surface area contributed by atoms with Gasteiger partial charge in [-0.1, -0.05) is 93.0 Å². The molecule has 0 fully saturated rings. The van der Waals surface area contributed by atoms with E-state index in [0.717, 1.165) is 5.56 Å². The summed E-state index contributed by atoms with van der Waals surface area (Å²) in [5.41, 5.74) is 6.56. The van der Waals surface area contributed by atoms with Crippen LogP contribution in [0.1, 0.15) is 26.3 Å². The highest BCUT2D eigenvalue weighted by Gasteiger charge is 2.50. The maximum atomic E-state index is 13.8. The van der Waals surface area contributed by atoms with Crippen molar-refractivity contribution in [2.45, 2.75) is 32.4 Å². The van der Waals surface area contributed by atoms with Crippen molar-refractivity contribution in [2.24, 2.45) is 0 Å². The topological polar surface area (TPSA) is 35.2 Å². The summed E-state index contributed by atoms with van der Waals surface area (Å²) >= 11 is 5.99. The van der Waals surface area contributed by atoms with Gasteiger partial charge in [0.05, 0.1) is 17.3 Å². The van der Waals surface area contributed by atoms with Crippen LogP contribution in [-0.4, -0.2) is 8.32 Å². The van der Waals surface area contributed by atoms with Gasteiger partial charge >= 0.3 is 0 Å². The van der Waals surface area contributed by atoms with Gasteiger partial charge in [-0.2, -0.15) is 0 Å². The summed E-state index contributed by atoms with van der Waals surface area (Å²) in [6, 6.07) is 23.9. The Balaban J connectivity index is 2.11. The molecule has 0 heterocycles. The van der Waals surface area contributed by atoms with E-state index in [1.54, 1.807) is 12.1 Å². The molecule has 0 aliphatic heterocycles. The molecule has 0 bridgehead atoms. The Morgan fingerprint density at radius 1 is 0.929 bits per heavy atom. The van der Waals surface area contributed by atoms with E-state index >= 15 is 0 Å². The minimum absolute atomic E-state index is 0.0149. The van der Waals surface area contributed by atoms with E-state index in [1.807, 2.05) is 36.4 Å². The zero-order valence-corrected chi connectivity index (χ0v) is 18.1. The Kier molecular flexibility index (Phi) is 5.94. The van der Waals surface area contributed by atoms with Crippen LogP contribution in [0.2, 0.25) is 10.1 Å². The van der Waals surface area contributed by atoms with Gasteiger partial charge in [-0.25, -0.2) is 4.39 Å². The van der Waals surface area contributed by atoms with Crippen molar-refractivity contribution in [2.75, 3.05) is 5.73 Å². The fraction of sp³-hybridized carbons (Fsp3) is 0.217. The summed E-state index contributed by atoms with van der Waals surface area (Å²) in [6.07, 6.45) is 0. The van der Waals surface area contributed by atoms with Crippen LogP contribution < -0.4 is 16.1 Å².